The normalized spacial score (nSPS) is 13.9. The molecule has 0 bridgehead atoms. The molecule has 0 radical (unpaired) electrons. The van der Waals surface area contributed by atoms with Gasteiger partial charge in [0.2, 0.25) is 0 Å². The fraction of sp³-hybridized carbons (Fsp3) is 0.455. The molecule has 0 atom stereocenters. The molecule has 0 spiro atoms. The molecule has 3 nitrogen and oxygen atoms in total. The van der Waals surface area contributed by atoms with Crippen molar-refractivity contribution in [3.8, 4) is 0 Å². The molecule has 0 aromatic heterocycles. The first-order valence-corrected chi connectivity index (χ1v) is 16.7. The second-order valence-electron chi connectivity index (χ2n) is 13.3. The molecule has 3 aromatic rings. The molecule has 5 heteroatoms. The lowest BCUT2D eigenvalue weighted by Gasteiger charge is -2.36. The van der Waals surface area contributed by atoms with Crippen molar-refractivity contribution < 1.29 is 12.0 Å². The van der Waals surface area contributed by atoms with Crippen molar-refractivity contribution in [2.45, 2.75) is 107 Å². The summed E-state index contributed by atoms with van der Waals surface area (Å²) in [7, 11) is -6.15. The number of benzene rings is 3. The quantitative estimate of drug-likeness (QED) is 0.215. The minimum absolute atomic E-state index is 0.00926. The first-order chi connectivity index (χ1) is 17.4. The summed E-state index contributed by atoms with van der Waals surface area (Å²) < 4.78 is 31.9. The highest BCUT2D eigenvalue weighted by atomic mass is 32.3. The molecule has 0 heterocycles. The summed E-state index contributed by atoms with van der Waals surface area (Å²) in [6, 6.07) is 25.3. The zero-order valence-corrected chi connectivity index (χ0v) is 26.6. The predicted molar refractivity (Wildman–Crippen MR) is 165 cm³/mol. The molecule has 0 saturated heterocycles. The Bertz CT molecular complexity index is 1180. The first-order valence-electron chi connectivity index (χ1n) is 13.5. The minimum atomic E-state index is -3.69. The van der Waals surface area contributed by atoms with E-state index in [0.29, 0.717) is 6.42 Å². The second-order valence-corrected chi connectivity index (χ2v) is 18.0. The Hall–Kier alpha value is -2.08. The van der Waals surface area contributed by atoms with Crippen molar-refractivity contribution in [2.24, 2.45) is 0 Å². The van der Waals surface area contributed by atoms with Crippen LogP contribution in [0.4, 0.5) is 0 Å². The number of hydrogen-bond donors (Lipinski definition) is 0. The highest BCUT2D eigenvalue weighted by molar-refractivity contribution is 8.32. The third-order valence-corrected chi connectivity index (χ3v) is 12.5. The Balaban J connectivity index is 2.38. The first kappa shape index (κ1) is 30.5. The molecule has 1 N–H and O–H groups in total. The third-order valence-electron chi connectivity index (χ3n) is 6.87. The average Bonchev–Trinajstić information content (AvgIpc) is 2.81. The van der Waals surface area contributed by atoms with Crippen LogP contribution in [0.15, 0.2) is 87.5 Å². The van der Waals surface area contributed by atoms with E-state index in [1.165, 1.54) is 16.7 Å². The average molecular weight is 556 g/mol. The van der Waals surface area contributed by atoms with Gasteiger partial charge < -0.3 is 0 Å². The maximum atomic E-state index is 13.5. The number of hydrogen-bond acceptors (Lipinski definition) is 2. The van der Waals surface area contributed by atoms with Gasteiger partial charge in [-0.3, -0.25) is 3.63 Å². The molecule has 0 saturated carbocycles. The third kappa shape index (κ3) is 6.73. The van der Waals surface area contributed by atoms with Crippen LogP contribution >= 0.6 is 10.3 Å². The van der Waals surface area contributed by atoms with Gasteiger partial charge in [0.1, 0.15) is 5.75 Å². The van der Waals surface area contributed by atoms with Crippen LogP contribution < -0.4 is 0 Å². The molecule has 0 aliphatic carbocycles. The molecule has 0 amide bonds. The molecule has 0 fully saturated rings. The van der Waals surface area contributed by atoms with Crippen LogP contribution in [0.5, 0.6) is 0 Å². The van der Waals surface area contributed by atoms with Crippen molar-refractivity contribution in [3.05, 3.63) is 89.5 Å². The Morgan fingerprint density at radius 3 is 1.00 bits per heavy atom. The topological polar surface area (TPSA) is 46.9 Å². The van der Waals surface area contributed by atoms with Crippen LogP contribution in [0.2, 0.25) is 0 Å². The zero-order valence-electron chi connectivity index (χ0n) is 24.9. The summed E-state index contributed by atoms with van der Waals surface area (Å²) in [5.74, 6) is 0.0297. The van der Waals surface area contributed by atoms with E-state index in [1.54, 1.807) is 0 Å². The number of rotatable bonds is 7. The molecule has 38 heavy (non-hydrogen) atoms. The van der Waals surface area contributed by atoms with E-state index in [1.807, 2.05) is 6.92 Å². The molecule has 208 valence electrons. The summed E-state index contributed by atoms with van der Waals surface area (Å²) in [6.07, 6.45) is 0.524. The molecular formula is C33H47O3S2+. The van der Waals surface area contributed by atoms with Crippen molar-refractivity contribution >= 4 is 20.4 Å². The van der Waals surface area contributed by atoms with Gasteiger partial charge in [-0.1, -0.05) is 106 Å². The SMILES string of the molecule is CCCS(=O)(=O)[OH+]S(c1ccc(C(C)(C)C)cc1)(c1ccc(C(C)(C)C)cc1)c1ccc(C(C)(C)C)cc1. The Morgan fingerprint density at radius 2 is 0.789 bits per heavy atom. The fourth-order valence-electron chi connectivity index (χ4n) is 4.46. The van der Waals surface area contributed by atoms with Crippen LogP contribution in [0.3, 0.4) is 0 Å². The Kier molecular flexibility index (Phi) is 8.68. The summed E-state index contributed by atoms with van der Waals surface area (Å²) in [4.78, 5) is 2.78. The molecule has 3 aromatic carbocycles. The van der Waals surface area contributed by atoms with Gasteiger partial charge in [-0.15, -0.1) is 0 Å². The lowest BCUT2D eigenvalue weighted by atomic mass is 9.87. The maximum absolute atomic E-state index is 13.5. The Labute approximate surface area is 233 Å². The van der Waals surface area contributed by atoms with E-state index >= 15 is 0 Å². The summed E-state index contributed by atoms with van der Waals surface area (Å²) in [6.45, 7) is 21.6. The molecular weight excluding hydrogens is 508 g/mol. The van der Waals surface area contributed by atoms with Gasteiger partial charge in [0.25, 0.3) is 0 Å². The van der Waals surface area contributed by atoms with Crippen LogP contribution in [-0.2, 0) is 26.4 Å². The van der Waals surface area contributed by atoms with Crippen LogP contribution in [0.25, 0.3) is 0 Å². The van der Waals surface area contributed by atoms with Crippen molar-refractivity contribution in [1.82, 2.24) is 0 Å². The summed E-state index contributed by atoms with van der Waals surface area (Å²) in [5, 5.41) is 0. The summed E-state index contributed by atoms with van der Waals surface area (Å²) >= 11 is 0. The lowest BCUT2D eigenvalue weighted by Crippen LogP contribution is -2.21. The zero-order chi connectivity index (χ0) is 28.6. The molecule has 3 rings (SSSR count). The van der Waals surface area contributed by atoms with Gasteiger partial charge in [0.05, 0.1) is 25.0 Å². The van der Waals surface area contributed by atoms with E-state index in [-0.39, 0.29) is 22.0 Å². The largest absolute Gasteiger partial charge is 0.390 e. The van der Waals surface area contributed by atoms with Gasteiger partial charge in [-0.25, -0.2) is 0 Å². The highest BCUT2D eigenvalue weighted by Crippen LogP contribution is 2.68. The molecule has 0 aliphatic rings. The van der Waals surface area contributed by atoms with Crippen LogP contribution in [0.1, 0.15) is 92.3 Å². The smallest absolute Gasteiger partial charge is 0.262 e. The van der Waals surface area contributed by atoms with Gasteiger partial charge in [0, 0.05) is 0 Å². The highest BCUT2D eigenvalue weighted by Gasteiger charge is 2.43. The summed E-state index contributed by atoms with van der Waals surface area (Å²) in [5.41, 5.74) is 3.59. The van der Waals surface area contributed by atoms with E-state index < -0.39 is 20.4 Å². The molecule has 0 aliphatic heterocycles. The van der Waals surface area contributed by atoms with E-state index in [9.17, 15) is 8.42 Å². The van der Waals surface area contributed by atoms with E-state index in [0.717, 1.165) is 14.7 Å². The van der Waals surface area contributed by atoms with Crippen molar-refractivity contribution in [1.29, 1.82) is 0 Å². The maximum Gasteiger partial charge on any atom is 0.390 e. The van der Waals surface area contributed by atoms with Gasteiger partial charge >= 0.3 is 10.1 Å². The van der Waals surface area contributed by atoms with Crippen LogP contribution in [-0.4, -0.2) is 17.8 Å². The van der Waals surface area contributed by atoms with Crippen LogP contribution in [0, 0.1) is 0 Å². The van der Waals surface area contributed by atoms with E-state index in [2.05, 4.69) is 135 Å². The van der Waals surface area contributed by atoms with Gasteiger partial charge in [-0.2, -0.15) is 8.42 Å². The lowest BCUT2D eigenvalue weighted by molar-refractivity contribution is 0.386. The molecule has 0 unspecified atom stereocenters. The fourth-order valence-corrected chi connectivity index (χ4v) is 10.1. The van der Waals surface area contributed by atoms with Gasteiger partial charge in [0.15, 0.2) is 0 Å². The van der Waals surface area contributed by atoms with Crippen molar-refractivity contribution in [3.63, 3.8) is 0 Å². The Morgan fingerprint density at radius 1 is 0.526 bits per heavy atom. The van der Waals surface area contributed by atoms with Crippen molar-refractivity contribution in [2.75, 3.05) is 5.75 Å². The standard InChI is InChI=1S/C33H46O3S2/c1-11-24-37(34,35)36-38(28-18-12-25(13-19-28)31(2,3)4,29-20-14-26(15-21-29)32(5,6)7)30-22-16-27(17-23-30)33(8,9)10/h12-23H,11,24H2,1-10H3/p+1. The predicted octanol–water partition coefficient (Wildman–Crippen LogP) is 9.61. The monoisotopic (exact) mass is 555 g/mol. The second kappa shape index (κ2) is 10.8. The van der Waals surface area contributed by atoms with Gasteiger partial charge in [-0.05, 0) is 75.8 Å². The van der Waals surface area contributed by atoms with E-state index in [4.69, 9.17) is 3.63 Å². The minimum Gasteiger partial charge on any atom is -0.262 e.